The van der Waals surface area contributed by atoms with E-state index in [0.29, 0.717) is 29.7 Å². The summed E-state index contributed by atoms with van der Waals surface area (Å²) >= 11 is 5.90. The Bertz CT molecular complexity index is 801. The molecule has 28 heavy (non-hydrogen) atoms. The summed E-state index contributed by atoms with van der Waals surface area (Å²) in [4.78, 5) is 17.1. The SMILES string of the molecule is CCOc1ccc(NC(=NC[C@@H]2CCCO2)NC(=O)c2ccc(Cl)cc2)cc1. The van der Waals surface area contributed by atoms with Crippen molar-refractivity contribution in [2.75, 3.05) is 25.1 Å². The molecule has 0 saturated carbocycles. The molecule has 1 aliphatic heterocycles. The van der Waals surface area contributed by atoms with Gasteiger partial charge in [0.15, 0.2) is 0 Å². The first-order chi connectivity index (χ1) is 13.6. The van der Waals surface area contributed by atoms with Gasteiger partial charge in [0.1, 0.15) is 5.75 Å². The number of carbonyl (C=O) groups is 1. The third-order valence-electron chi connectivity index (χ3n) is 4.24. The fourth-order valence-corrected chi connectivity index (χ4v) is 2.94. The average molecular weight is 402 g/mol. The molecule has 1 fully saturated rings. The lowest BCUT2D eigenvalue weighted by Gasteiger charge is -2.14. The summed E-state index contributed by atoms with van der Waals surface area (Å²) in [6.07, 6.45) is 2.11. The number of amides is 1. The smallest absolute Gasteiger partial charge is 0.257 e. The van der Waals surface area contributed by atoms with Crippen LogP contribution in [0.2, 0.25) is 5.02 Å². The number of hydrogen-bond acceptors (Lipinski definition) is 4. The van der Waals surface area contributed by atoms with Gasteiger partial charge in [-0.2, -0.15) is 0 Å². The van der Waals surface area contributed by atoms with Crippen molar-refractivity contribution in [1.82, 2.24) is 5.32 Å². The minimum absolute atomic E-state index is 0.0876. The van der Waals surface area contributed by atoms with Crippen LogP contribution in [0.15, 0.2) is 53.5 Å². The summed E-state index contributed by atoms with van der Waals surface area (Å²) in [5, 5.41) is 6.58. The Balaban J connectivity index is 1.71. The van der Waals surface area contributed by atoms with E-state index in [4.69, 9.17) is 21.1 Å². The molecule has 0 radical (unpaired) electrons. The Morgan fingerprint density at radius 3 is 2.61 bits per heavy atom. The molecule has 3 rings (SSSR count). The number of halogens is 1. The van der Waals surface area contributed by atoms with Crippen LogP contribution in [0.5, 0.6) is 5.75 Å². The average Bonchev–Trinajstić information content (AvgIpc) is 3.22. The summed E-state index contributed by atoms with van der Waals surface area (Å²) in [6, 6.07) is 14.2. The van der Waals surface area contributed by atoms with Crippen LogP contribution in [0.25, 0.3) is 0 Å². The van der Waals surface area contributed by atoms with E-state index in [2.05, 4.69) is 15.6 Å². The van der Waals surface area contributed by atoms with Gasteiger partial charge in [0.05, 0.1) is 19.3 Å². The van der Waals surface area contributed by atoms with Gasteiger partial charge in [0, 0.05) is 22.9 Å². The second-order valence-corrected chi connectivity index (χ2v) is 6.80. The second kappa shape index (κ2) is 10.1. The van der Waals surface area contributed by atoms with Crippen LogP contribution in [0.1, 0.15) is 30.1 Å². The fraction of sp³-hybridized carbons (Fsp3) is 0.333. The molecule has 0 unspecified atom stereocenters. The highest BCUT2D eigenvalue weighted by Gasteiger charge is 2.16. The third kappa shape index (κ3) is 5.97. The molecule has 2 aromatic rings. The second-order valence-electron chi connectivity index (χ2n) is 6.37. The number of guanidine groups is 1. The molecular formula is C21H24ClN3O3. The lowest BCUT2D eigenvalue weighted by Crippen LogP contribution is -2.36. The van der Waals surface area contributed by atoms with Crippen LogP contribution in [-0.4, -0.2) is 37.7 Å². The molecule has 6 nitrogen and oxygen atoms in total. The summed E-state index contributed by atoms with van der Waals surface area (Å²) in [6.45, 7) is 3.80. The van der Waals surface area contributed by atoms with E-state index in [1.807, 2.05) is 31.2 Å². The van der Waals surface area contributed by atoms with Crippen LogP contribution < -0.4 is 15.4 Å². The van der Waals surface area contributed by atoms with Gasteiger partial charge in [-0.25, -0.2) is 4.99 Å². The Morgan fingerprint density at radius 2 is 1.96 bits per heavy atom. The third-order valence-corrected chi connectivity index (χ3v) is 4.50. The number of hydrogen-bond donors (Lipinski definition) is 2. The van der Waals surface area contributed by atoms with Gasteiger partial charge in [-0.05, 0) is 68.3 Å². The molecule has 148 valence electrons. The zero-order valence-electron chi connectivity index (χ0n) is 15.8. The van der Waals surface area contributed by atoms with Gasteiger partial charge < -0.3 is 14.8 Å². The maximum absolute atomic E-state index is 12.6. The van der Waals surface area contributed by atoms with Crippen LogP contribution >= 0.6 is 11.6 Å². The molecule has 0 spiro atoms. The first-order valence-corrected chi connectivity index (χ1v) is 9.74. The van der Waals surface area contributed by atoms with Gasteiger partial charge in [-0.15, -0.1) is 0 Å². The lowest BCUT2D eigenvalue weighted by atomic mass is 10.2. The predicted octanol–water partition coefficient (Wildman–Crippen LogP) is 4.12. The zero-order valence-corrected chi connectivity index (χ0v) is 16.5. The van der Waals surface area contributed by atoms with Gasteiger partial charge in [0.25, 0.3) is 5.91 Å². The Labute approximate surface area is 169 Å². The van der Waals surface area contributed by atoms with Gasteiger partial charge in [-0.3, -0.25) is 10.1 Å². The number of aliphatic imine (C=N–C) groups is 1. The van der Waals surface area contributed by atoms with E-state index >= 15 is 0 Å². The fourth-order valence-electron chi connectivity index (χ4n) is 2.81. The highest BCUT2D eigenvalue weighted by molar-refractivity contribution is 6.30. The van der Waals surface area contributed by atoms with Crippen molar-refractivity contribution in [2.24, 2.45) is 4.99 Å². The maximum atomic E-state index is 12.6. The van der Waals surface area contributed by atoms with Crippen LogP contribution in [0, 0.1) is 0 Å². The van der Waals surface area contributed by atoms with E-state index in [1.54, 1.807) is 24.3 Å². The topological polar surface area (TPSA) is 71.9 Å². The monoisotopic (exact) mass is 401 g/mol. The number of benzene rings is 2. The zero-order chi connectivity index (χ0) is 19.8. The summed E-state index contributed by atoms with van der Waals surface area (Å²) < 4.78 is 11.1. The molecule has 1 amide bonds. The van der Waals surface area contributed by atoms with E-state index in [0.717, 1.165) is 30.9 Å². The number of ether oxygens (including phenoxy) is 2. The van der Waals surface area contributed by atoms with Crippen LogP contribution in [0.3, 0.4) is 0 Å². The standard InChI is InChI=1S/C21H24ClN3O3/c1-2-27-18-11-9-17(10-12-18)24-21(23-14-19-4-3-13-28-19)25-20(26)15-5-7-16(22)8-6-15/h5-12,19H,2-4,13-14H2,1H3,(H2,23,24,25,26)/t19-/m0/s1. The molecule has 1 saturated heterocycles. The van der Waals surface area contributed by atoms with Crippen LogP contribution in [-0.2, 0) is 4.74 Å². The number of nitrogens with zero attached hydrogens (tertiary/aromatic N) is 1. The lowest BCUT2D eigenvalue weighted by molar-refractivity contribution is 0.0975. The van der Waals surface area contributed by atoms with Crippen LogP contribution in [0.4, 0.5) is 5.69 Å². The van der Waals surface area contributed by atoms with E-state index in [9.17, 15) is 4.79 Å². The molecule has 2 N–H and O–H groups in total. The highest BCUT2D eigenvalue weighted by Crippen LogP contribution is 2.16. The highest BCUT2D eigenvalue weighted by atomic mass is 35.5. The molecule has 2 aromatic carbocycles. The van der Waals surface area contributed by atoms with Crippen molar-refractivity contribution in [1.29, 1.82) is 0 Å². The summed E-state index contributed by atoms with van der Waals surface area (Å²) in [7, 11) is 0. The normalized spacial score (nSPS) is 16.6. The van der Waals surface area contributed by atoms with Crippen molar-refractivity contribution in [3.63, 3.8) is 0 Å². The number of rotatable bonds is 6. The molecule has 0 aromatic heterocycles. The van der Waals surface area contributed by atoms with Crippen molar-refractivity contribution >= 4 is 29.2 Å². The molecule has 1 atom stereocenters. The number of anilines is 1. The number of carbonyl (C=O) groups excluding carboxylic acids is 1. The van der Waals surface area contributed by atoms with Crippen molar-refractivity contribution in [3.05, 3.63) is 59.1 Å². The maximum Gasteiger partial charge on any atom is 0.257 e. The molecular weight excluding hydrogens is 378 g/mol. The van der Waals surface area contributed by atoms with Crippen molar-refractivity contribution in [2.45, 2.75) is 25.9 Å². The Kier molecular flexibility index (Phi) is 7.28. The van der Waals surface area contributed by atoms with Crippen molar-refractivity contribution in [3.8, 4) is 5.75 Å². The predicted molar refractivity (Wildman–Crippen MR) is 111 cm³/mol. The summed E-state index contributed by atoms with van der Waals surface area (Å²) in [5.74, 6) is 0.900. The summed E-state index contributed by atoms with van der Waals surface area (Å²) in [5.41, 5.74) is 1.30. The van der Waals surface area contributed by atoms with E-state index in [-0.39, 0.29) is 12.0 Å². The molecule has 7 heteroatoms. The Hall–Kier alpha value is -2.57. The van der Waals surface area contributed by atoms with E-state index in [1.165, 1.54) is 0 Å². The minimum atomic E-state index is -0.263. The number of nitrogens with one attached hydrogen (secondary N) is 2. The van der Waals surface area contributed by atoms with E-state index < -0.39 is 0 Å². The quantitative estimate of drug-likeness (QED) is 0.564. The van der Waals surface area contributed by atoms with Gasteiger partial charge in [-0.1, -0.05) is 11.6 Å². The molecule has 0 aliphatic carbocycles. The van der Waals surface area contributed by atoms with Gasteiger partial charge in [0.2, 0.25) is 5.96 Å². The van der Waals surface area contributed by atoms with Gasteiger partial charge >= 0.3 is 0 Å². The Morgan fingerprint density at radius 1 is 1.21 bits per heavy atom. The first kappa shape index (κ1) is 20.2. The first-order valence-electron chi connectivity index (χ1n) is 9.37. The molecule has 0 bridgehead atoms. The largest absolute Gasteiger partial charge is 0.494 e. The molecule has 1 heterocycles. The minimum Gasteiger partial charge on any atom is -0.494 e. The molecule has 1 aliphatic rings. The van der Waals surface area contributed by atoms with Crippen molar-refractivity contribution < 1.29 is 14.3 Å².